The smallest absolute Gasteiger partial charge is 0.310 e. The zero-order valence-electron chi connectivity index (χ0n) is 12.1. The highest BCUT2D eigenvalue weighted by atomic mass is 16.6. The number of rotatable bonds is 5. The van der Waals surface area contributed by atoms with Gasteiger partial charge in [-0.15, -0.1) is 0 Å². The molecule has 0 spiro atoms. The van der Waals surface area contributed by atoms with Gasteiger partial charge in [0.05, 0.1) is 4.92 Å². The Balaban J connectivity index is 2.28. The van der Waals surface area contributed by atoms with Gasteiger partial charge in [-0.3, -0.25) is 10.1 Å². The zero-order chi connectivity index (χ0) is 15.4. The second-order valence-electron chi connectivity index (χ2n) is 4.92. The Bertz CT molecular complexity index is 648. The van der Waals surface area contributed by atoms with E-state index in [0.29, 0.717) is 13.2 Å². The number of nitro benzene ring substituents is 1. The maximum absolute atomic E-state index is 11.1. The molecule has 0 atom stereocenters. The summed E-state index contributed by atoms with van der Waals surface area (Å²) in [6.07, 6.45) is 0. The van der Waals surface area contributed by atoms with Gasteiger partial charge in [0, 0.05) is 12.6 Å². The molecular formula is C16H18N2O3. The van der Waals surface area contributed by atoms with Gasteiger partial charge in [0.2, 0.25) is 0 Å². The van der Waals surface area contributed by atoms with E-state index in [1.54, 1.807) is 12.1 Å². The molecule has 110 valence electrons. The lowest BCUT2D eigenvalue weighted by atomic mass is 10.0. The van der Waals surface area contributed by atoms with Crippen LogP contribution in [0, 0.1) is 24.0 Å². The molecular weight excluding hydrogens is 268 g/mol. The van der Waals surface area contributed by atoms with Crippen LogP contribution in [-0.2, 0) is 13.2 Å². The quantitative estimate of drug-likeness (QED) is 0.676. The third-order valence-corrected chi connectivity index (χ3v) is 3.47. The number of hydrogen-bond acceptors (Lipinski definition) is 4. The van der Waals surface area contributed by atoms with Gasteiger partial charge < -0.3 is 10.5 Å². The number of nitro groups is 1. The molecule has 2 rings (SSSR count). The second-order valence-corrected chi connectivity index (χ2v) is 4.92. The van der Waals surface area contributed by atoms with Gasteiger partial charge >= 0.3 is 5.69 Å². The fourth-order valence-electron chi connectivity index (χ4n) is 2.18. The topological polar surface area (TPSA) is 78.4 Å². The summed E-state index contributed by atoms with van der Waals surface area (Å²) in [5.41, 5.74) is 9.59. The van der Waals surface area contributed by atoms with E-state index in [1.165, 1.54) is 6.07 Å². The summed E-state index contributed by atoms with van der Waals surface area (Å²) in [7, 11) is 0. The second kappa shape index (κ2) is 6.37. The van der Waals surface area contributed by atoms with Crippen LogP contribution in [0.25, 0.3) is 0 Å². The maximum Gasteiger partial charge on any atom is 0.310 e. The van der Waals surface area contributed by atoms with Crippen molar-refractivity contribution in [2.45, 2.75) is 27.0 Å². The fraction of sp³-hybridized carbons (Fsp3) is 0.250. The highest BCUT2D eigenvalue weighted by Crippen LogP contribution is 2.29. The minimum Gasteiger partial charge on any atom is -0.482 e. The molecule has 0 unspecified atom stereocenters. The van der Waals surface area contributed by atoms with Crippen LogP contribution in [0.2, 0.25) is 0 Å². The molecule has 0 saturated heterocycles. The molecule has 2 aromatic carbocycles. The van der Waals surface area contributed by atoms with Crippen LogP contribution in [0.5, 0.6) is 5.75 Å². The Morgan fingerprint density at radius 3 is 2.43 bits per heavy atom. The van der Waals surface area contributed by atoms with Gasteiger partial charge in [0.1, 0.15) is 6.61 Å². The monoisotopic (exact) mass is 286 g/mol. The molecule has 5 heteroatoms. The van der Waals surface area contributed by atoms with Crippen LogP contribution in [0.3, 0.4) is 0 Å². The van der Waals surface area contributed by atoms with Crippen LogP contribution in [-0.4, -0.2) is 4.92 Å². The molecule has 0 aliphatic rings. The van der Waals surface area contributed by atoms with E-state index in [2.05, 4.69) is 0 Å². The van der Waals surface area contributed by atoms with Crippen molar-refractivity contribution in [2.75, 3.05) is 0 Å². The first kappa shape index (κ1) is 15.0. The molecule has 0 aromatic heterocycles. The summed E-state index contributed by atoms with van der Waals surface area (Å²) in [6, 6.07) is 10.7. The first-order valence-corrected chi connectivity index (χ1v) is 6.68. The van der Waals surface area contributed by atoms with Crippen LogP contribution in [0.1, 0.15) is 22.3 Å². The van der Waals surface area contributed by atoms with Crippen molar-refractivity contribution in [3.8, 4) is 5.75 Å². The van der Waals surface area contributed by atoms with Gasteiger partial charge in [-0.2, -0.15) is 0 Å². The van der Waals surface area contributed by atoms with Crippen molar-refractivity contribution in [3.05, 3.63) is 68.8 Å². The lowest BCUT2D eigenvalue weighted by molar-refractivity contribution is -0.386. The summed E-state index contributed by atoms with van der Waals surface area (Å²) in [4.78, 5) is 10.6. The molecule has 0 aliphatic heterocycles. The lowest BCUT2D eigenvalue weighted by Gasteiger charge is -2.12. The van der Waals surface area contributed by atoms with E-state index in [0.717, 1.165) is 22.3 Å². The van der Waals surface area contributed by atoms with Gasteiger partial charge in [0.15, 0.2) is 5.75 Å². The van der Waals surface area contributed by atoms with Crippen molar-refractivity contribution < 1.29 is 9.66 Å². The van der Waals surface area contributed by atoms with E-state index in [4.69, 9.17) is 10.5 Å². The summed E-state index contributed by atoms with van der Waals surface area (Å²) in [6.45, 7) is 4.61. The summed E-state index contributed by atoms with van der Waals surface area (Å²) < 4.78 is 5.69. The lowest BCUT2D eigenvalue weighted by Crippen LogP contribution is -2.04. The van der Waals surface area contributed by atoms with Crippen molar-refractivity contribution in [3.63, 3.8) is 0 Å². The molecule has 0 heterocycles. The summed E-state index contributed by atoms with van der Waals surface area (Å²) in [5, 5.41) is 11.1. The van der Waals surface area contributed by atoms with Crippen molar-refractivity contribution in [1.82, 2.24) is 0 Å². The molecule has 0 aliphatic carbocycles. The highest BCUT2D eigenvalue weighted by Gasteiger charge is 2.16. The van der Waals surface area contributed by atoms with E-state index in [9.17, 15) is 10.1 Å². The largest absolute Gasteiger partial charge is 0.482 e. The Labute approximate surface area is 123 Å². The SMILES string of the molecule is Cc1cccc(C)c1COc1cc(CN)ccc1[N+](=O)[O-]. The molecule has 0 fully saturated rings. The number of nitrogens with two attached hydrogens (primary N) is 1. The zero-order valence-corrected chi connectivity index (χ0v) is 12.1. The van der Waals surface area contributed by atoms with E-state index >= 15 is 0 Å². The average Bonchev–Trinajstić information content (AvgIpc) is 2.46. The van der Waals surface area contributed by atoms with Crippen molar-refractivity contribution >= 4 is 5.69 Å². The van der Waals surface area contributed by atoms with Crippen LogP contribution in [0.15, 0.2) is 36.4 Å². The normalized spacial score (nSPS) is 10.4. The number of nitrogens with zero attached hydrogens (tertiary/aromatic N) is 1. The molecule has 0 radical (unpaired) electrons. The Kier molecular flexibility index (Phi) is 4.55. The van der Waals surface area contributed by atoms with Gasteiger partial charge in [-0.05, 0) is 42.2 Å². The highest BCUT2D eigenvalue weighted by molar-refractivity contribution is 5.48. The Hall–Kier alpha value is -2.40. The molecule has 2 aromatic rings. The van der Waals surface area contributed by atoms with Crippen LogP contribution < -0.4 is 10.5 Å². The molecule has 2 N–H and O–H groups in total. The Morgan fingerprint density at radius 2 is 1.86 bits per heavy atom. The average molecular weight is 286 g/mol. The standard InChI is InChI=1S/C16H18N2O3/c1-11-4-3-5-12(2)14(11)10-21-16-8-13(9-17)6-7-15(16)18(19)20/h3-8H,9-10,17H2,1-2H3. The molecule has 0 amide bonds. The predicted octanol–water partition coefficient (Wildman–Crippen LogP) is 3.25. The fourth-order valence-corrected chi connectivity index (χ4v) is 2.18. The molecule has 21 heavy (non-hydrogen) atoms. The van der Waals surface area contributed by atoms with Crippen molar-refractivity contribution in [2.24, 2.45) is 5.73 Å². The number of ether oxygens (including phenoxy) is 1. The van der Waals surface area contributed by atoms with Crippen LogP contribution in [0.4, 0.5) is 5.69 Å². The number of benzene rings is 2. The van der Waals surface area contributed by atoms with E-state index < -0.39 is 4.92 Å². The third-order valence-electron chi connectivity index (χ3n) is 3.47. The minimum absolute atomic E-state index is 0.0431. The number of aryl methyl sites for hydroxylation is 2. The number of hydrogen-bond donors (Lipinski definition) is 1. The first-order valence-electron chi connectivity index (χ1n) is 6.68. The van der Waals surface area contributed by atoms with Gasteiger partial charge in [-0.1, -0.05) is 24.3 Å². The van der Waals surface area contributed by atoms with Gasteiger partial charge in [-0.25, -0.2) is 0 Å². The molecule has 0 saturated carbocycles. The third kappa shape index (κ3) is 3.38. The van der Waals surface area contributed by atoms with Crippen molar-refractivity contribution in [1.29, 1.82) is 0 Å². The van der Waals surface area contributed by atoms with Crippen LogP contribution >= 0.6 is 0 Å². The van der Waals surface area contributed by atoms with E-state index in [1.807, 2.05) is 32.0 Å². The predicted molar refractivity (Wildman–Crippen MR) is 81.2 cm³/mol. The van der Waals surface area contributed by atoms with Gasteiger partial charge in [0.25, 0.3) is 0 Å². The molecule has 5 nitrogen and oxygen atoms in total. The molecule has 0 bridgehead atoms. The minimum atomic E-state index is -0.444. The summed E-state index contributed by atoms with van der Waals surface area (Å²) >= 11 is 0. The van der Waals surface area contributed by atoms with E-state index in [-0.39, 0.29) is 11.4 Å². The first-order chi connectivity index (χ1) is 10.0. The summed E-state index contributed by atoms with van der Waals surface area (Å²) in [5.74, 6) is 0.255. The maximum atomic E-state index is 11.1. The Morgan fingerprint density at radius 1 is 1.19 bits per heavy atom.